The van der Waals surface area contributed by atoms with Crippen molar-refractivity contribution >= 4 is 29.1 Å². The van der Waals surface area contributed by atoms with E-state index in [9.17, 15) is 19.8 Å². The number of aromatic hydroxyl groups is 1. The van der Waals surface area contributed by atoms with Crippen molar-refractivity contribution in [3.63, 3.8) is 0 Å². The summed E-state index contributed by atoms with van der Waals surface area (Å²) >= 11 is 1.61. The number of aliphatic hydroxyl groups is 1. The van der Waals surface area contributed by atoms with Gasteiger partial charge in [-0.05, 0) is 36.4 Å². The van der Waals surface area contributed by atoms with E-state index in [2.05, 4.69) is 29.0 Å². The standard InChI is InChI=1S/C26H27N3O4S/c1-15-12-13-19(34-14-15)20(16-8-5-4-6-9-16)28-22-21(24(31)25(22)32)27-18-11-7-10-17(23(18)30)26(33)29(2)3/h4-11,13-14,20,25,27-28,30,32H,12H2,1-3H3. The number of thioether (sulfide) groups is 1. The first kappa shape index (κ1) is 23.7. The number of carbonyl (C=O) groups is 2. The van der Waals surface area contributed by atoms with Crippen LogP contribution in [0.1, 0.15) is 35.3 Å². The van der Waals surface area contributed by atoms with Gasteiger partial charge in [0.05, 0.1) is 23.0 Å². The molecule has 0 radical (unpaired) electrons. The molecule has 1 amide bonds. The molecule has 4 N–H and O–H groups in total. The molecule has 7 nitrogen and oxygen atoms in total. The Labute approximate surface area is 202 Å². The van der Waals surface area contributed by atoms with Crippen molar-refractivity contribution in [1.29, 1.82) is 0 Å². The van der Waals surface area contributed by atoms with Gasteiger partial charge in [-0.1, -0.05) is 48.0 Å². The number of phenolic OH excluding ortho intramolecular Hbond substituents is 1. The molecule has 2 atom stereocenters. The van der Waals surface area contributed by atoms with E-state index in [0.29, 0.717) is 5.70 Å². The SMILES string of the molecule is CC1=CSC(C(NC2=C(Nc3cccc(C(=O)N(C)C)c3O)C(=O)C2O)c2ccccc2)=CC1. The molecule has 2 aliphatic rings. The molecule has 8 heteroatoms. The van der Waals surface area contributed by atoms with Crippen LogP contribution in [0.4, 0.5) is 5.69 Å². The van der Waals surface area contributed by atoms with Crippen LogP contribution < -0.4 is 10.6 Å². The van der Waals surface area contributed by atoms with Crippen molar-refractivity contribution in [3.05, 3.63) is 93.0 Å². The minimum atomic E-state index is -1.30. The van der Waals surface area contributed by atoms with Gasteiger partial charge in [0.2, 0.25) is 5.78 Å². The number of phenols is 1. The zero-order chi connectivity index (χ0) is 24.4. The average Bonchev–Trinajstić information content (AvgIpc) is 2.85. The molecule has 1 aliphatic carbocycles. The van der Waals surface area contributed by atoms with Crippen LogP contribution in [0.2, 0.25) is 0 Å². The van der Waals surface area contributed by atoms with E-state index in [0.717, 1.165) is 16.9 Å². The topological polar surface area (TPSA) is 102 Å². The first-order chi connectivity index (χ1) is 16.3. The summed E-state index contributed by atoms with van der Waals surface area (Å²) < 4.78 is 0. The van der Waals surface area contributed by atoms with Gasteiger partial charge in [0.1, 0.15) is 5.70 Å². The fraction of sp³-hybridized carbons (Fsp3) is 0.231. The molecule has 0 bridgehead atoms. The summed E-state index contributed by atoms with van der Waals surface area (Å²) in [5.74, 6) is -1.10. The number of nitrogens with one attached hydrogen (secondary N) is 2. The normalized spacial score (nSPS) is 18.5. The monoisotopic (exact) mass is 477 g/mol. The number of Topliss-reactive ketones (excluding diaryl/α,β-unsaturated/α-hetero) is 1. The second-order valence-corrected chi connectivity index (χ2v) is 9.41. The molecule has 0 fully saturated rings. The maximum Gasteiger partial charge on any atom is 0.257 e. The van der Waals surface area contributed by atoms with Gasteiger partial charge >= 0.3 is 0 Å². The summed E-state index contributed by atoms with van der Waals surface area (Å²) in [6.45, 7) is 2.08. The van der Waals surface area contributed by atoms with Gasteiger partial charge in [-0.25, -0.2) is 0 Å². The Morgan fingerprint density at radius 2 is 1.88 bits per heavy atom. The molecule has 176 valence electrons. The lowest BCUT2D eigenvalue weighted by atomic mass is 9.92. The maximum atomic E-state index is 12.6. The van der Waals surface area contributed by atoms with Crippen molar-refractivity contribution in [2.75, 3.05) is 19.4 Å². The van der Waals surface area contributed by atoms with E-state index < -0.39 is 11.9 Å². The van der Waals surface area contributed by atoms with Crippen molar-refractivity contribution in [2.45, 2.75) is 25.5 Å². The molecule has 1 aliphatic heterocycles. The van der Waals surface area contributed by atoms with E-state index in [4.69, 9.17) is 0 Å². The van der Waals surface area contributed by atoms with E-state index in [1.165, 1.54) is 16.5 Å². The fourth-order valence-corrected chi connectivity index (χ4v) is 4.71. The first-order valence-electron chi connectivity index (χ1n) is 10.9. The molecule has 2 unspecified atom stereocenters. The molecule has 0 spiro atoms. The molecule has 0 aromatic heterocycles. The number of aliphatic hydroxyl groups excluding tert-OH is 1. The zero-order valence-electron chi connectivity index (χ0n) is 19.2. The Kier molecular flexibility index (Phi) is 6.81. The van der Waals surface area contributed by atoms with E-state index in [1.54, 1.807) is 38.0 Å². The Morgan fingerprint density at radius 1 is 1.15 bits per heavy atom. The van der Waals surface area contributed by atoms with Crippen molar-refractivity contribution in [3.8, 4) is 5.75 Å². The number of para-hydroxylation sites is 1. The molecule has 2 aromatic carbocycles. The molecule has 4 rings (SSSR count). The summed E-state index contributed by atoms with van der Waals surface area (Å²) in [6.07, 6.45) is 1.68. The molecular formula is C26H27N3O4S. The lowest BCUT2D eigenvalue weighted by molar-refractivity contribution is -0.124. The van der Waals surface area contributed by atoms with Gasteiger partial charge in [0.25, 0.3) is 5.91 Å². The van der Waals surface area contributed by atoms with Gasteiger partial charge in [-0.2, -0.15) is 0 Å². The van der Waals surface area contributed by atoms with Crippen LogP contribution in [0.25, 0.3) is 0 Å². The number of amides is 1. The van der Waals surface area contributed by atoms with Crippen molar-refractivity contribution in [1.82, 2.24) is 10.2 Å². The van der Waals surface area contributed by atoms with E-state index >= 15 is 0 Å². The van der Waals surface area contributed by atoms with Crippen LogP contribution in [0.3, 0.4) is 0 Å². The summed E-state index contributed by atoms with van der Waals surface area (Å²) in [5, 5.41) is 29.5. The Morgan fingerprint density at radius 3 is 2.53 bits per heavy atom. The smallest absolute Gasteiger partial charge is 0.257 e. The number of anilines is 1. The lowest BCUT2D eigenvalue weighted by Gasteiger charge is -2.34. The van der Waals surface area contributed by atoms with Crippen LogP contribution in [0, 0.1) is 0 Å². The molecule has 0 saturated heterocycles. The van der Waals surface area contributed by atoms with Crippen LogP contribution in [-0.2, 0) is 4.79 Å². The highest BCUT2D eigenvalue weighted by atomic mass is 32.2. The summed E-state index contributed by atoms with van der Waals surface area (Å²) in [4.78, 5) is 27.3. The number of ketones is 1. The van der Waals surface area contributed by atoms with Gasteiger partial charge in [-0.15, -0.1) is 11.8 Å². The van der Waals surface area contributed by atoms with Crippen LogP contribution in [0.5, 0.6) is 5.75 Å². The Bertz CT molecular complexity index is 1220. The van der Waals surface area contributed by atoms with Crippen molar-refractivity contribution in [2.24, 2.45) is 0 Å². The highest BCUT2D eigenvalue weighted by Crippen LogP contribution is 2.39. The fourth-order valence-electron chi connectivity index (χ4n) is 3.76. The molecule has 0 saturated carbocycles. The molecule has 2 aromatic rings. The summed E-state index contributed by atoms with van der Waals surface area (Å²) in [7, 11) is 3.19. The minimum absolute atomic E-state index is 0.116. The van der Waals surface area contributed by atoms with Gasteiger partial charge in [-0.3, -0.25) is 9.59 Å². The van der Waals surface area contributed by atoms with Crippen LogP contribution in [0.15, 0.2) is 81.9 Å². The van der Waals surface area contributed by atoms with Crippen molar-refractivity contribution < 1.29 is 19.8 Å². The number of allylic oxidation sites excluding steroid dienone is 2. The largest absolute Gasteiger partial charge is 0.505 e. The number of benzene rings is 2. The highest BCUT2D eigenvalue weighted by molar-refractivity contribution is 8.05. The quantitative estimate of drug-likeness (QED) is 0.449. The zero-order valence-corrected chi connectivity index (χ0v) is 20.0. The van der Waals surface area contributed by atoms with Gasteiger partial charge < -0.3 is 25.7 Å². The Hall–Kier alpha value is -3.49. The van der Waals surface area contributed by atoms with Crippen LogP contribution in [-0.4, -0.2) is 47.0 Å². The lowest BCUT2D eigenvalue weighted by Crippen LogP contribution is -2.46. The molecular weight excluding hydrogens is 450 g/mol. The summed E-state index contributed by atoms with van der Waals surface area (Å²) in [5.41, 5.74) is 3.09. The highest BCUT2D eigenvalue weighted by Gasteiger charge is 2.40. The number of hydrogen-bond acceptors (Lipinski definition) is 7. The predicted molar refractivity (Wildman–Crippen MR) is 134 cm³/mol. The van der Waals surface area contributed by atoms with E-state index in [1.807, 2.05) is 30.3 Å². The number of carbonyl (C=O) groups excluding carboxylic acids is 2. The maximum absolute atomic E-state index is 12.6. The predicted octanol–water partition coefficient (Wildman–Crippen LogP) is 3.92. The van der Waals surface area contributed by atoms with Gasteiger partial charge in [0.15, 0.2) is 11.9 Å². The number of hydrogen-bond donors (Lipinski definition) is 4. The average molecular weight is 478 g/mol. The van der Waals surface area contributed by atoms with E-state index in [-0.39, 0.29) is 34.6 Å². The third kappa shape index (κ3) is 4.60. The second kappa shape index (κ2) is 9.79. The summed E-state index contributed by atoms with van der Waals surface area (Å²) in [6, 6.07) is 14.3. The third-order valence-electron chi connectivity index (χ3n) is 5.71. The first-order valence-corrected chi connectivity index (χ1v) is 11.8. The number of rotatable bonds is 7. The van der Waals surface area contributed by atoms with Crippen LogP contribution >= 0.6 is 11.8 Å². The third-order valence-corrected chi connectivity index (χ3v) is 6.90. The minimum Gasteiger partial charge on any atom is -0.505 e. The second-order valence-electron chi connectivity index (χ2n) is 8.46. The number of nitrogens with zero attached hydrogens (tertiary/aromatic N) is 1. The van der Waals surface area contributed by atoms with Gasteiger partial charge in [0, 0.05) is 19.0 Å². The Balaban J connectivity index is 1.66. The molecule has 1 heterocycles. The molecule has 34 heavy (non-hydrogen) atoms.